The summed E-state index contributed by atoms with van der Waals surface area (Å²) < 4.78 is 0. The molecule has 44 heavy (non-hydrogen) atoms. The number of halogens is 1. The van der Waals surface area contributed by atoms with E-state index in [2.05, 4.69) is 26.0 Å². The third-order valence-corrected chi connectivity index (χ3v) is 7.80. The van der Waals surface area contributed by atoms with Crippen LogP contribution < -0.4 is 29.6 Å². The predicted octanol–water partition coefficient (Wildman–Crippen LogP) is 9.64. The molecule has 10 nitrogen and oxygen atoms in total. The fourth-order valence-electron chi connectivity index (χ4n) is 4.76. The number of carboxylic acids is 2. The first kappa shape index (κ1) is 49.9. The van der Waals surface area contributed by atoms with Crippen molar-refractivity contribution in [2.75, 3.05) is 11.9 Å². The van der Waals surface area contributed by atoms with Gasteiger partial charge in [0.2, 0.25) is 0 Å². The summed E-state index contributed by atoms with van der Waals surface area (Å²) in [7, 11) is 0. The van der Waals surface area contributed by atoms with Crippen molar-refractivity contribution in [1.29, 1.82) is 0 Å². The zero-order chi connectivity index (χ0) is 32.5. The van der Waals surface area contributed by atoms with Gasteiger partial charge in [0.1, 0.15) is 0 Å². The zero-order valence-electron chi connectivity index (χ0n) is 28.0. The Hall–Kier alpha value is -0.960. The van der Waals surface area contributed by atoms with E-state index in [1.54, 1.807) is 0 Å². The number of rotatable bonds is 31. The van der Waals surface area contributed by atoms with Crippen LogP contribution in [0.2, 0.25) is 0 Å². The minimum atomic E-state index is -0.673. The molecule has 0 saturated heterocycles. The number of azide groups is 1. The van der Waals surface area contributed by atoms with Crippen molar-refractivity contribution in [2.24, 2.45) is 5.11 Å². The Morgan fingerprint density at radius 3 is 0.932 bits per heavy atom. The van der Waals surface area contributed by atoms with Crippen LogP contribution in [0.3, 0.4) is 0 Å². The van der Waals surface area contributed by atoms with Gasteiger partial charge in [-0.1, -0.05) is 162 Å². The minimum absolute atomic E-state index is 0. The number of nitrogens with zero attached hydrogens (tertiary/aromatic N) is 6. The second-order valence-electron chi connectivity index (χ2n) is 11.2. The summed E-state index contributed by atoms with van der Waals surface area (Å²) in [6, 6.07) is 0. The Morgan fingerprint density at radius 1 is 0.477 bits per heavy atom. The minimum Gasteiger partial charge on any atom is -0.481 e. The molecule has 0 aromatic rings. The average molecular weight is 698 g/mol. The van der Waals surface area contributed by atoms with Crippen molar-refractivity contribution in [3.63, 3.8) is 0 Å². The molecule has 0 saturated carbocycles. The number of carbonyl (C=O) groups is 2. The van der Waals surface area contributed by atoms with Gasteiger partial charge in [-0.3, -0.25) is 14.5 Å². The van der Waals surface area contributed by atoms with Crippen LogP contribution in [0.15, 0.2) is 5.11 Å². The summed E-state index contributed by atoms with van der Waals surface area (Å²) in [5, 5.41) is 21.7. The Bertz CT molecular complexity index is 665. The molecule has 252 valence electrons. The second-order valence-corrected chi connectivity index (χ2v) is 12.0. The van der Waals surface area contributed by atoms with E-state index in [0.717, 1.165) is 37.4 Å². The summed E-state index contributed by atoms with van der Waals surface area (Å²) in [6.07, 6.45) is 33.1. The Balaban J connectivity index is -0.000000328. The number of hydrogen-bond acceptors (Lipinski definition) is 3. The van der Waals surface area contributed by atoms with Crippen LogP contribution in [0.5, 0.6) is 0 Å². The first-order valence-corrected chi connectivity index (χ1v) is 18.1. The second kappa shape index (κ2) is 48.9. The molecular formula is C32H62BrN6NaO4. The summed E-state index contributed by atoms with van der Waals surface area (Å²) in [5.74, 6) is -1.33. The SMILES string of the molecule is O=C(O)CCCCCCCCCCCCCCCBr.[N-]=[N+]=NCCCCCCCCCCCCCCCC(=O)O.[N-]=[N+]=[N-].[Na+]. The zero-order valence-corrected chi connectivity index (χ0v) is 31.6. The summed E-state index contributed by atoms with van der Waals surface area (Å²) in [5.41, 5.74) is 21.6. The van der Waals surface area contributed by atoms with Gasteiger partial charge in [0.15, 0.2) is 0 Å². The van der Waals surface area contributed by atoms with Gasteiger partial charge in [-0.2, -0.15) is 0 Å². The molecule has 2 N–H and O–H groups in total. The number of carboxylic acid groups (broad SMARTS) is 2. The van der Waals surface area contributed by atoms with Crippen molar-refractivity contribution in [3.8, 4) is 0 Å². The molecule has 0 heterocycles. The molecule has 0 bridgehead atoms. The number of unbranched alkanes of at least 4 members (excludes halogenated alkanes) is 24. The maximum Gasteiger partial charge on any atom is 1.00 e. The van der Waals surface area contributed by atoms with Gasteiger partial charge in [0.25, 0.3) is 0 Å². The third kappa shape index (κ3) is 60.3. The molecule has 0 aromatic carbocycles. The largest absolute Gasteiger partial charge is 1.00 e. The van der Waals surface area contributed by atoms with E-state index in [9.17, 15) is 9.59 Å². The van der Waals surface area contributed by atoms with E-state index in [1.807, 2.05) is 0 Å². The number of hydrogen-bond donors (Lipinski definition) is 2. The van der Waals surface area contributed by atoms with Crippen molar-refractivity contribution in [3.05, 3.63) is 26.4 Å². The molecular weight excluding hydrogens is 635 g/mol. The smallest absolute Gasteiger partial charge is 0.481 e. The van der Waals surface area contributed by atoms with Crippen LogP contribution in [0, 0.1) is 0 Å². The molecule has 0 fully saturated rings. The molecule has 0 aromatic heterocycles. The molecule has 0 aliphatic rings. The maximum atomic E-state index is 10.3. The van der Waals surface area contributed by atoms with E-state index >= 15 is 0 Å². The van der Waals surface area contributed by atoms with Crippen molar-refractivity contribution >= 4 is 27.9 Å². The molecule has 0 rings (SSSR count). The summed E-state index contributed by atoms with van der Waals surface area (Å²) in [4.78, 5) is 24.9. The quantitative estimate of drug-likeness (QED) is 0.0183. The molecule has 0 aliphatic heterocycles. The molecule has 0 spiro atoms. The first-order valence-electron chi connectivity index (χ1n) is 16.9. The Labute approximate surface area is 298 Å². The van der Waals surface area contributed by atoms with E-state index < -0.39 is 11.9 Å². The van der Waals surface area contributed by atoms with Crippen LogP contribution in [0.25, 0.3) is 26.4 Å². The van der Waals surface area contributed by atoms with Crippen LogP contribution >= 0.6 is 15.9 Å². The molecule has 12 heteroatoms. The standard InChI is InChI=1S/C16H31BrO2.C16H31N3O2.N3.Na/c17-15-13-11-9-7-5-3-1-2-4-6-8-10-12-14-16(18)19;17-19-18-15-13-11-9-7-5-3-1-2-4-6-8-10-12-14-16(20)21;1-3-2;/h1-15H2,(H,18,19);1-15H2,(H,20,21);;/q;;-1;+1. The van der Waals surface area contributed by atoms with Gasteiger partial charge in [0.05, 0.1) is 0 Å². The predicted molar refractivity (Wildman–Crippen MR) is 182 cm³/mol. The van der Waals surface area contributed by atoms with E-state index in [4.69, 9.17) is 26.8 Å². The van der Waals surface area contributed by atoms with Gasteiger partial charge >= 0.3 is 41.5 Å². The normalized spacial score (nSPS) is 9.75. The monoisotopic (exact) mass is 696 g/mol. The van der Waals surface area contributed by atoms with Gasteiger partial charge in [0, 0.05) is 29.6 Å². The molecule has 0 amide bonds. The Morgan fingerprint density at radius 2 is 0.705 bits per heavy atom. The molecule has 0 radical (unpaired) electrons. The van der Waals surface area contributed by atoms with Gasteiger partial charge in [-0.15, -0.1) is 0 Å². The number of aliphatic carboxylic acids is 2. The molecule has 0 atom stereocenters. The van der Waals surface area contributed by atoms with Crippen molar-refractivity contribution in [1.82, 2.24) is 0 Å². The fraction of sp³-hybridized carbons (Fsp3) is 0.938. The van der Waals surface area contributed by atoms with Crippen molar-refractivity contribution < 1.29 is 49.4 Å². The molecule has 0 unspecified atom stereocenters. The van der Waals surface area contributed by atoms with Crippen LogP contribution in [-0.4, -0.2) is 34.0 Å². The average Bonchev–Trinajstić information content (AvgIpc) is 2.97. The summed E-state index contributed by atoms with van der Waals surface area (Å²) >= 11 is 3.46. The van der Waals surface area contributed by atoms with Crippen LogP contribution in [-0.2, 0) is 9.59 Å². The van der Waals surface area contributed by atoms with E-state index in [0.29, 0.717) is 19.4 Å². The van der Waals surface area contributed by atoms with Crippen molar-refractivity contribution in [2.45, 2.75) is 180 Å². The van der Waals surface area contributed by atoms with Gasteiger partial charge in [-0.05, 0) is 31.2 Å². The summed E-state index contributed by atoms with van der Waals surface area (Å²) in [6.45, 7) is 0.642. The fourth-order valence-corrected chi connectivity index (χ4v) is 5.16. The maximum absolute atomic E-state index is 10.3. The first-order chi connectivity index (χ1) is 21.0. The van der Waals surface area contributed by atoms with Crippen LogP contribution in [0.4, 0.5) is 0 Å². The van der Waals surface area contributed by atoms with Gasteiger partial charge in [-0.25, -0.2) is 0 Å². The van der Waals surface area contributed by atoms with Gasteiger partial charge < -0.3 is 21.3 Å². The Kier molecular flexibility index (Phi) is 55.5. The van der Waals surface area contributed by atoms with Crippen LogP contribution in [0.1, 0.15) is 180 Å². The van der Waals surface area contributed by atoms with E-state index in [-0.39, 0.29) is 29.6 Å². The number of alkyl halides is 1. The topological polar surface area (TPSA) is 182 Å². The third-order valence-electron chi connectivity index (χ3n) is 7.24. The van der Waals surface area contributed by atoms with E-state index in [1.165, 1.54) is 140 Å². The molecule has 0 aliphatic carbocycles.